The van der Waals surface area contributed by atoms with Crippen molar-refractivity contribution in [2.75, 3.05) is 5.32 Å². The number of nitrogens with one attached hydrogen (secondary N) is 2. The Balaban J connectivity index is 1.34. The van der Waals surface area contributed by atoms with Crippen molar-refractivity contribution in [3.05, 3.63) is 95.8 Å². The minimum atomic E-state index is -0.607. The van der Waals surface area contributed by atoms with Gasteiger partial charge in [0.15, 0.2) is 0 Å². The van der Waals surface area contributed by atoms with Crippen LogP contribution in [-0.2, 0) is 10.5 Å². The molecule has 2 N–H and O–H groups in total. The van der Waals surface area contributed by atoms with Crippen LogP contribution < -0.4 is 10.6 Å². The fourth-order valence-corrected chi connectivity index (χ4v) is 4.10. The average Bonchev–Trinajstić information content (AvgIpc) is 3.63. The van der Waals surface area contributed by atoms with Gasteiger partial charge in [0, 0.05) is 21.9 Å². The number of benzene rings is 3. The van der Waals surface area contributed by atoms with Crippen molar-refractivity contribution in [3.63, 3.8) is 0 Å². The predicted molar refractivity (Wildman–Crippen MR) is 121 cm³/mol. The van der Waals surface area contributed by atoms with Crippen LogP contribution >= 0.6 is 11.8 Å². The number of thioether (sulfide) groups is 1. The molecule has 0 radical (unpaired) electrons. The minimum absolute atomic E-state index is 0.130. The molecule has 3 aromatic rings. The van der Waals surface area contributed by atoms with Crippen LogP contribution in [0.15, 0.2) is 83.8 Å². The van der Waals surface area contributed by atoms with Gasteiger partial charge in [-0.1, -0.05) is 30.3 Å². The van der Waals surface area contributed by atoms with Crippen molar-refractivity contribution >= 4 is 29.3 Å². The second-order valence-electron chi connectivity index (χ2n) is 7.58. The Morgan fingerprint density at radius 2 is 1.61 bits per heavy atom. The lowest BCUT2D eigenvalue weighted by atomic mass is 10.1. The molecule has 1 atom stereocenters. The highest BCUT2D eigenvalue weighted by Gasteiger charge is 2.37. The number of carbonyl (C=O) groups is 2. The SMILES string of the molecule is O=C(N[C@H](C(=O)Nc1ccc(SCc2ccccc2)cc1)C1CC1)c1ccc(F)cc1. The Morgan fingerprint density at radius 3 is 2.26 bits per heavy atom. The van der Waals surface area contributed by atoms with Crippen molar-refractivity contribution in [2.24, 2.45) is 5.92 Å². The van der Waals surface area contributed by atoms with Gasteiger partial charge < -0.3 is 10.6 Å². The smallest absolute Gasteiger partial charge is 0.251 e. The number of amides is 2. The van der Waals surface area contributed by atoms with Gasteiger partial charge in [-0.25, -0.2) is 4.39 Å². The summed E-state index contributed by atoms with van der Waals surface area (Å²) in [5, 5.41) is 5.71. The van der Waals surface area contributed by atoms with Gasteiger partial charge in [-0.2, -0.15) is 0 Å². The van der Waals surface area contributed by atoms with Crippen LogP contribution in [-0.4, -0.2) is 17.9 Å². The second-order valence-corrected chi connectivity index (χ2v) is 8.63. The maximum Gasteiger partial charge on any atom is 0.251 e. The molecule has 0 spiro atoms. The molecule has 1 aliphatic carbocycles. The molecule has 1 saturated carbocycles. The summed E-state index contributed by atoms with van der Waals surface area (Å²) in [4.78, 5) is 26.4. The van der Waals surface area contributed by atoms with E-state index >= 15 is 0 Å². The van der Waals surface area contributed by atoms with Crippen molar-refractivity contribution < 1.29 is 14.0 Å². The van der Waals surface area contributed by atoms with Crippen LogP contribution in [0.1, 0.15) is 28.8 Å². The van der Waals surface area contributed by atoms with Crippen LogP contribution in [0.3, 0.4) is 0 Å². The summed E-state index contributed by atoms with van der Waals surface area (Å²) in [6, 6.07) is 22.6. The molecule has 0 aliphatic heterocycles. The third-order valence-corrected chi connectivity index (χ3v) is 6.22. The first-order chi connectivity index (χ1) is 15.1. The molecule has 0 aromatic heterocycles. The van der Waals surface area contributed by atoms with Crippen molar-refractivity contribution in [1.29, 1.82) is 0 Å². The maximum atomic E-state index is 13.1. The molecular formula is C25H23FN2O2S. The van der Waals surface area contributed by atoms with Gasteiger partial charge in [-0.05, 0) is 72.9 Å². The number of hydrogen-bond donors (Lipinski definition) is 2. The normalized spacial score (nSPS) is 14.0. The highest BCUT2D eigenvalue weighted by atomic mass is 32.2. The molecule has 158 valence electrons. The third kappa shape index (κ3) is 5.95. The van der Waals surface area contributed by atoms with Crippen LogP contribution in [0.25, 0.3) is 0 Å². The topological polar surface area (TPSA) is 58.2 Å². The summed E-state index contributed by atoms with van der Waals surface area (Å²) >= 11 is 1.73. The summed E-state index contributed by atoms with van der Waals surface area (Å²) in [5.74, 6) is -0.00278. The lowest BCUT2D eigenvalue weighted by molar-refractivity contribution is -0.118. The molecular weight excluding hydrogens is 411 g/mol. The Bertz CT molecular complexity index is 1040. The molecule has 0 saturated heterocycles. The average molecular weight is 435 g/mol. The van der Waals surface area contributed by atoms with E-state index in [0.29, 0.717) is 11.3 Å². The van der Waals surface area contributed by atoms with Crippen molar-refractivity contribution in [1.82, 2.24) is 5.32 Å². The zero-order chi connectivity index (χ0) is 21.6. The molecule has 1 aliphatic rings. The Labute approximate surface area is 185 Å². The van der Waals surface area contributed by atoms with Gasteiger partial charge in [-0.15, -0.1) is 11.8 Å². The molecule has 0 heterocycles. The quantitative estimate of drug-likeness (QED) is 0.475. The Morgan fingerprint density at radius 1 is 0.935 bits per heavy atom. The van der Waals surface area contributed by atoms with Gasteiger partial charge >= 0.3 is 0 Å². The number of halogens is 1. The summed E-state index contributed by atoms with van der Waals surface area (Å²) in [7, 11) is 0. The zero-order valence-electron chi connectivity index (χ0n) is 16.9. The maximum absolute atomic E-state index is 13.1. The molecule has 4 nitrogen and oxygen atoms in total. The van der Waals surface area contributed by atoms with E-state index in [1.165, 1.54) is 29.8 Å². The lowest BCUT2D eigenvalue weighted by Gasteiger charge is -2.18. The summed E-state index contributed by atoms with van der Waals surface area (Å²) in [6.45, 7) is 0. The summed E-state index contributed by atoms with van der Waals surface area (Å²) in [5.41, 5.74) is 2.28. The molecule has 0 unspecified atom stereocenters. The van der Waals surface area contributed by atoms with E-state index in [2.05, 4.69) is 22.8 Å². The third-order valence-electron chi connectivity index (χ3n) is 5.14. The number of rotatable bonds is 8. The predicted octanol–water partition coefficient (Wildman–Crippen LogP) is 5.27. The first-order valence-corrected chi connectivity index (χ1v) is 11.2. The monoisotopic (exact) mass is 434 g/mol. The van der Waals surface area contributed by atoms with Crippen LogP contribution in [0.2, 0.25) is 0 Å². The van der Waals surface area contributed by atoms with Gasteiger partial charge in [0.1, 0.15) is 11.9 Å². The highest BCUT2D eigenvalue weighted by molar-refractivity contribution is 7.98. The van der Waals surface area contributed by atoms with Crippen molar-refractivity contribution in [2.45, 2.75) is 29.5 Å². The number of hydrogen-bond acceptors (Lipinski definition) is 3. The molecule has 4 rings (SSSR count). The first-order valence-electron chi connectivity index (χ1n) is 10.2. The van der Waals surface area contributed by atoms with E-state index in [9.17, 15) is 14.0 Å². The molecule has 6 heteroatoms. The molecule has 1 fully saturated rings. The lowest BCUT2D eigenvalue weighted by Crippen LogP contribution is -2.45. The highest BCUT2D eigenvalue weighted by Crippen LogP contribution is 2.33. The largest absolute Gasteiger partial charge is 0.340 e. The summed E-state index contributed by atoms with van der Waals surface area (Å²) in [6.07, 6.45) is 1.80. The van der Waals surface area contributed by atoms with E-state index in [-0.39, 0.29) is 17.7 Å². The minimum Gasteiger partial charge on any atom is -0.340 e. The fraction of sp³-hybridized carbons (Fsp3) is 0.200. The molecule has 3 aromatic carbocycles. The van der Waals surface area contributed by atoms with Crippen LogP contribution in [0.4, 0.5) is 10.1 Å². The Kier molecular flexibility index (Phi) is 6.67. The summed E-state index contributed by atoms with van der Waals surface area (Å²) < 4.78 is 13.1. The second kappa shape index (κ2) is 9.79. The molecule has 0 bridgehead atoms. The van der Waals surface area contributed by atoms with Gasteiger partial charge in [-0.3, -0.25) is 9.59 Å². The van der Waals surface area contributed by atoms with E-state index in [1.54, 1.807) is 11.8 Å². The standard InChI is InChI=1S/C25H23FN2O2S/c26-20-10-8-19(9-11-20)24(29)28-23(18-6-7-18)25(30)27-21-12-14-22(15-13-21)31-16-17-4-2-1-3-5-17/h1-5,8-15,18,23H,6-7,16H2,(H,27,30)(H,28,29)/t23-/m0/s1. The van der Waals surface area contributed by atoms with E-state index < -0.39 is 11.9 Å². The first kappa shape index (κ1) is 21.1. The van der Waals surface area contributed by atoms with E-state index in [0.717, 1.165) is 23.5 Å². The van der Waals surface area contributed by atoms with Gasteiger partial charge in [0.25, 0.3) is 5.91 Å². The number of anilines is 1. The van der Waals surface area contributed by atoms with E-state index in [1.807, 2.05) is 42.5 Å². The molecule has 2 amide bonds. The van der Waals surface area contributed by atoms with Gasteiger partial charge in [0.05, 0.1) is 0 Å². The van der Waals surface area contributed by atoms with Gasteiger partial charge in [0.2, 0.25) is 5.91 Å². The van der Waals surface area contributed by atoms with Crippen LogP contribution in [0.5, 0.6) is 0 Å². The fourth-order valence-electron chi connectivity index (χ4n) is 3.25. The number of carbonyl (C=O) groups excluding carboxylic acids is 2. The van der Waals surface area contributed by atoms with Crippen molar-refractivity contribution in [3.8, 4) is 0 Å². The van der Waals surface area contributed by atoms with E-state index in [4.69, 9.17) is 0 Å². The Hall–Kier alpha value is -3.12. The van der Waals surface area contributed by atoms with Crippen LogP contribution in [0, 0.1) is 11.7 Å². The zero-order valence-corrected chi connectivity index (χ0v) is 17.7. The molecule has 31 heavy (non-hydrogen) atoms.